The van der Waals surface area contributed by atoms with Crippen molar-refractivity contribution < 1.29 is 0 Å². The lowest BCUT2D eigenvalue weighted by Gasteiger charge is -2.07. The van der Waals surface area contributed by atoms with Crippen molar-refractivity contribution in [2.75, 3.05) is 13.1 Å². The van der Waals surface area contributed by atoms with Crippen LogP contribution in [0.1, 0.15) is 31.7 Å². The monoisotopic (exact) mass is 271 g/mol. The minimum absolute atomic E-state index is 0.644. The van der Waals surface area contributed by atoms with Crippen LogP contribution in [0, 0.1) is 11.8 Å². The average Bonchev–Trinajstić information content (AvgIpc) is 3.01. The lowest BCUT2D eigenvalue weighted by molar-refractivity contribution is 0.532. The Morgan fingerprint density at radius 3 is 2.71 bits per heavy atom. The van der Waals surface area contributed by atoms with E-state index in [4.69, 9.17) is 23.2 Å². The first-order chi connectivity index (χ1) is 8.08. The van der Waals surface area contributed by atoms with Gasteiger partial charge in [-0.1, -0.05) is 43.1 Å². The number of halogens is 2. The lowest BCUT2D eigenvalue weighted by Crippen LogP contribution is -2.22. The molecule has 0 amide bonds. The molecule has 0 aromatic heterocycles. The van der Waals surface area contributed by atoms with E-state index in [-0.39, 0.29) is 0 Å². The third-order valence-corrected chi connectivity index (χ3v) is 3.99. The van der Waals surface area contributed by atoms with Gasteiger partial charge in [0.1, 0.15) is 0 Å². The summed E-state index contributed by atoms with van der Waals surface area (Å²) in [5.74, 6) is 2.16. The molecule has 0 heterocycles. The van der Waals surface area contributed by atoms with Crippen molar-refractivity contribution in [2.24, 2.45) is 11.8 Å². The Morgan fingerprint density at radius 1 is 1.29 bits per heavy atom. The molecule has 1 aliphatic rings. The smallest absolute Gasteiger partial charge is 0.0595 e. The summed E-state index contributed by atoms with van der Waals surface area (Å²) >= 11 is 11.9. The molecule has 94 valence electrons. The predicted molar refractivity (Wildman–Crippen MR) is 75.0 cm³/mol. The second-order valence-corrected chi connectivity index (χ2v) is 6.14. The van der Waals surface area contributed by atoms with Gasteiger partial charge < -0.3 is 5.32 Å². The van der Waals surface area contributed by atoms with Gasteiger partial charge in [-0.15, -0.1) is 0 Å². The molecule has 3 heteroatoms. The highest BCUT2D eigenvalue weighted by Crippen LogP contribution is 2.47. The van der Waals surface area contributed by atoms with E-state index in [0.29, 0.717) is 16.0 Å². The van der Waals surface area contributed by atoms with Crippen LogP contribution >= 0.6 is 23.2 Å². The van der Waals surface area contributed by atoms with Gasteiger partial charge in [-0.3, -0.25) is 0 Å². The first-order valence-electron chi connectivity index (χ1n) is 6.23. The predicted octanol–water partition coefficient (Wildman–Crippen LogP) is 4.34. The van der Waals surface area contributed by atoms with Gasteiger partial charge in [-0.05, 0) is 55.0 Å². The molecule has 1 saturated carbocycles. The van der Waals surface area contributed by atoms with Crippen LogP contribution in [0.2, 0.25) is 10.0 Å². The van der Waals surface area contributed by atoms with Crippen LogP contribution in [0.5, 0.6) is 0 Å². The van der Waals surface area contributed by atoms with Crippen molar-refractivity contribution in [3.63, 3.8) is 0 Å². The van der Waals surface area contributed by atoms with Crippen LogP contribution in [-0.4, -0.2) is 13.1 Å². The highest BCUT2D eigenvalue weighted by atomic mass is 35.5. The van der Waals surface area contributed by atoms with Crippen molar-refractivity contribution in [1.29, 1.82) is 0 Å². The molecule has 0 spiro atoms. The molecular weight excluding hydrogens is 253 g/mol. The van der Waals surface area contributed by atoms with Crippen LogP contribution in [0.25, 0.3) is 0 Å². The van der Waals surface area contributed by atoms with E-state index in [1.165, 1.54) is 12.0 Å². The number of hydrogen-bond donors (Lipinski definition) is 1. The Labute approximate surface area is 114 Å². The van der Waals surface area contributed by atoms with Gasteiger partial charge >= 0.3 is 0 Å². The Morgan fingerprint density at radius 2 is 2.06 bits per heavy atom. The molecular formula is C14H19Cl2N. The van der Waals surface area contributed by atoms with Gasteiger partial charge in [0.25, 0.3) is 0 Å². The Balaban J connectivity index is 1.83. The molecule has 2 unspecified atom stereocenters. The number of benzene rings is 1. The summed E-state index contributed by atoms with van der Waals surface area (Å²) in [5, 5.41) is 4.83. The Hall–Kier alpha value is -0.240. The highest BCUT2D eigenvalue weighted by molar-refractivity contribution is 6.42. The zero-order valence-electron chi connectivity index (χ0n) is 10.3. The molecule has 1 aromatic rings. The second kappa shape index (κ2) is 5.60. The molecule has 1 aliphatic carbocycles. The van der Waals surface area contributed by atoms with Crippen molar-refractivity contribution >= 4 is 23.2 Å². The summed E-state index contributed by atoms with van der Waals surface area (Å²) in [6, 6.07) is 6.01. The molecule has 1 nitrogen and oxygen atoms in total. The van der Waals surface area contributed by atoms with E-state index in [9.17, 15) is 0 Å². The molecule has 2 atom stereocenters. The average molecular weight is 272 g/mol. The SMILES string of the molecule is CC(C)CNCC1CC1c1ccc(Cl)c(Cl)c1. The first kappa shape index (κ1) is 13.2. The van der Waals surface area contributed by atoms with Crippen molar-refractivity contribution in [1.82, 2.24) is 5.32 Å². The lowest BCUT2D eigenvalue weighted by atomic mass is 10.1. The summed E-state index contributed by atoms with van der Waals surface area (Å²) in [6.45, 7) is 6.68. The Bertz CT molecular complexity index is 390. The summed E-state index contributed by atoms with van der Waals surface area (Å²) in [7, 11) is 0. The summed E-state index contributed by atoms with van der Waals surface area (Å²) in [6.07, 6.45) is 1.27. The fourth-order valence-corrected chi connectivity index (χ4v) is 2.49. The maximum absolute atomic E-state index is 6.03. The van der Waals surface area contributed by atoms with Gasteiger partial charge in [0.2, 0.25) is 0 Å². The van der Waals surface area contributed by atoms with E-state index in [2.05, 4.69) is 25.2 Å². The van der Waals surface area contributed by atoms with Gasteiger partial charge in [0.15, 0.2) is 0 Å². The van der Waals surface area contributed by atoms with Crippen LogP contribution in [0.4, 0.5) is 0 Å². The van der Waals surface area contributed by atoms with Gasteiger partial charge in [0.05, 0.1) is 10.0 Å². The van der Waals surface area contributed by atoms with Crippen LogP contribution in [0.3, 0.4) is 0 Å². The number of rotatable bonds is 5. The summed E-state index contributed by atoms with van der Waals surface area (Å²) in [5.41, 5.74) is 1.33. The molecule has 1 aromatic carbocycles. The van der Waals surface area contributed by atoms with E-state index in [0.717, 1.165) is 24.9 Å². The fourth-order valence-electron chi connectivity index (χ4n) is 2.18. The van der Waals surface area contributed by atoms with Crippen molar-refractivity contribution in [2.45, 2.75) is 26.2 Å². The molecule has 0 saturated heterocycles. The third kappa shape index (κ3) is 3.61. The minimum Gasteiger partial charge on any atom is -0.316 e. The van der Waals surface area contributed by atoms with E-state index >= 15 is 0 Å². The standard InChI is InChI=1S/C14H19Cl2N/c1-9(2)7-17-8-11-5-12(11)10-3-4-13(15)14(16)6-10/h3-4,6,9,11-12,17H,5,7-8H2,1-2H3. The first-order valence-corrected chi connectivity index (χ1v) is 6.99. The zero-order chi connectivity index (χ0) is 12.4. The minimum atomic E-state index is 0.644. The normalized spacial score (nSPS) is 23.1. The second-order valence-electron chi connectivity index (χ2n) is 5.33. The summed E-state index contributed by atoms with van der Waals surface area (Å²) < 4.78 is 0. The fraction of sp³-hybridized carbons (Fsp3) is 0.571. The maximum Gasteiger partial charge on any atom is 0.0595 e. The molecule has 0 aliphatic heterocycles. The molecule has 0 radical (unpaired) electrons. The topological polar surface area (TPSA) is 12.0 Å². The van der Waals surface area contributed by atoms with Crippen LogP contribution < -0.4 is 5.32 Å². The number of hydrogen-bond acceptors (Lipinski definition) is 1. The van der Waals surface area contributed by atoms with E-state index in [1.54, 1.807) is 0 Å². The van der Waals surface area contributed by atoms with Crippen LogP contribution in [-0.2, 0) is 0 Å². The Kier molecular flexibility index (Phi) is 4.35. The van der Waals surface area contributed by atoms with Crippen molar-refractivity contribution in [3.05, 3.63) is 33.8 Å². The largest absolute Gasteiger partial charge is 0.316 e. The van der Waals surface area contributed by atoms with E-state index < -0.39 is 0 Å². The van der Waals surface area contributed by atoms with Gasteiger partial charge in [-0.2, -0.15) is 0 Å². The van der Waals surface area contributed by atoms with Crippen molar-refractivity contribution in [3.8, 4) is 0 Å². The van der Waals surface area contributed by atoms with Gasteiger partial charge in [0, 0.05) is 0 Å². The summed E-state index contributed by atoms with van der Waals surface area (Å²) in [4.78, 5) is 0. The highest BCUT2D eigenvalue weighted by Gasteiger charge is 2.37. The maximum atomic E-state index is 6.03. The number of nitrogens with one attached hydrogen (secondary N) is 1. The van der Waals surface area contributed by atoms with Gasteiger partial charge in [-0.25, -0.2) is 0 Å². The van der Waals surface area contributed by atoms with E-state index in [1.807, 2.05) is 12.1 Å². The quantitative estimate of drug-likeness (QED) is 0.840. The molecule has 17 heavy (non-hydrogen) atoms. The molecule has 1 fully saturated rings. The molecule has 1 N–H and O–H groups in total. The van der Waals surface area contributed by atoms with Crippen LogP contribution in [0.15, 0.2) is 18.2 Å². The molecule has 0 bridgehead atoms. The molecule has 2 rings (SSSR count). The third-order valence-electron chi connectivity index (χ3n) is 3.25. The zero-order valence-corrected chi connectivity index (χ0v) is 11.9.